The quantitative estimate of drug-likeness (QED) is 0.377. The molecular weight excluding hydrogens is 356 g/mol. The molecule has 142 valence electrons. The third-order valence-corrected chi connectivity index (χ3v) is 5.53. The summed E-state index contributed by atoms with van der Waals surface area (Å²) in [6.07, 6.45) is -2.53. The molecule has 2 atom stereocenters. The summed E-state index contributed by atoms with van der Waals surface area (Å²) in [6, 6.07) is 37.4. The molecule has 2 nitrogen and oxygen atoms in total. The zero-order chi connectivity index (χ0) is 20.1. The lowest BCUT2D eigenvalue weighted by atomic mass is 9.63. The highest BCUT2D eigenvalue weighted by atomic mass is 16.3. The molecule has 0 aromatic heterocycles. The van der Waals surface area contributed by atoms with Gasteiger partial charge in [0.05, 0.1) is 5.41 Å². The Morgan fingerprint density at radius 2 is 0.690 bits per heavy atom. The van der Waals surface area contributed by atoms with Crippen molar-refractivity contribution in [3.8, 4) is 0 Å². The Morgan fingerprint density at radius 3 is 1.00 bits per heavy atom. The fourth-order valence-electron chi connectivity index (χ4n) is 4.12. The second kappa shape index (κ2) is 8.44. The Kier molecular flexibility index (Phi) is 5.57. The normalized spacial score (nSPS) is 13.6. The van der Waals surface area contributed by atoms with Crippen LogP contribution in [0.3, 0.4) is 0 Å². The van der Waals surface area contributed by atoms with Gasteiger partial charge in [0.15, 0.2) is 0 Å². The first-order valence-electron chi connectivity index (χ1n) is 9.77. The standard InChI is InChI=1S/C27H22O2/c28-25(21-13-5-1-6-14-21)27(23-17-9-3-10-18-23,24-19-11-4-12-20-24)26(29)22-15-7-2-8-16-22/h1-20,25-26H. The molecule has 4 aromatic rings. The number of rotatable bonds is 6. The van der Waals surface area contributed by atoms with Crippen LogP contribution in [-0.4, -0.2) is 0 Å². The van der Waals surface area contributed by atoms with Gasteiger partial charge in [-0.3, -0.25) is 0 Å². The maximum absolute atomic E-state index is 14.2. The van der Waals surface area contributed by atoms with Crippen LogP contribution in [0.2, 0.25) is 0 Å². The van der Waals surface area contributed by atoms with E-state index in [1.165, 1.54) is 0 Å². The van der Waals surface area contributed by atoms with Crippen molar-refractivity contribution in [3.63, 3.8) is 0 Å². The van der Waals surface area contributed by atoms with E-state index in [1.54, 1.807) is 0 Å². The predicted octanol–water partition coefficient (Wildman–Crippen LogP) is 6.32. The zero-order valence-electron chi connectivity index (χ0n) is 16.0. The van der Waals surface area contributed by atoms with Gasteiger partial charge in [0.1, 0.15) is 12.2 Å². The lowest BCUT2D eigenvalue weighted by molar-refractivity contribution is -0.0629. The predicted molar refractivity (Wildman–Crippen MR) is 113 cm³/mol. The van der Waals surface area contributed by atoms with Crippen molar-refractivity contribution in [1.82, 2.24) is 0 Å². The first-order chi connectivity index (χ1) is 14.2. The van der Waals surface area contributed by atoms with Crippen LogP contribution in [-0.2, 0) is 15.6 Å². The van der Waals surface area contributed by atoms with Crippen LogP contribution in [0.15, 0.2) is 121 Å². The van der Waals surface area contributed by atoms with Gasteiger partial charge in [-0.1, -0.05) is 121 Å². The van der Waals surface area contributed by atoms with E-state index in [9.17, 15) is 10.2 Å². The number of hydrogen-bond acceptors (Lipinski definition) is 0. The van der Waals surface area contributed by atoms with Gasteiger partial charge < -0.3 is 0 Å². The summed E-state index contributed by atoms with van der Waals surface area (Å²) in [5.74, 6) is 0. The van der Waals surface area contributed by atoms with Crippen LogP contribution in [0.5, 0.6) is 0 Å². The van der Waals surface area contributed by atoms with E-state index in [4.69, 9.17) is 0 Å². The van der Waals surface area contributed by atoms with E-state index >= 15 is 0 Å². The van der Waals surface area contributed by atoms with Crippen molar-refractivity contribution in [2.24, 2.45) is 0 Å². The average molecular weight is 378 g/mol. The van der Waals surface area contributed by atoms with Crippen LogP contribution in [0.25, 0.3) is 0 Å². The van der Waals surface area contributed by atoms with E-state index in [1.807, 2.05) is 121 Å². The average Bonchev–Trinajstić information content (AvgIpc) is 2.82. The molecular formula is C27H22O2. The molecule has 2 heteroatoms. The van der Waals surface area contributed by atoms with Crippen LogP contribution < -0.4 is 0 Å². The lowest BCUT2D eigenvalue weighted by Gasteiger charge is -2.41. The van der Waals surface area contributed by atoms with Gasteiger partial charge in [-0.2, -0.15) is 0 Å². The molecule has 2 radical (unpaired) electrons. The van der Waals surface area contributed by atoms with Crippen LogP contribution >= 0.6 is 0 Å². The Morgan fingerprint density at radius 1 is 0.414 bits per heavy atom. The third kappa shape index (κ3) is 3.49. The van der Waals surface area contributed by atoms with E-state index in [0.717, 1.165) is 11.1 Å². The maximum atomic E-state index is 14.2. The Bertz CT molecular complexity index is 928. The summed E-state index contributed by atoms with van der Waals surface area (Å²) in [5, 5.41) is 28.3. The fourth-order valence-corrected chi connectivity index (χ4v) is 4.12. The Labute approximate surface area is 171 Å². The highest BCUT2D eigenvalue weighted by Gasteiger charge is 2.50. The van der Waals surface area contributed by atoms with E-state index in [-0.39, 0.29) is 0 Å². The summed E-state index contributed by atoms with van der Waals surface area (Å²) in [5.41, 5.74) is 1.39. The Hall–Kier alpha value is -3.20. The third-order valence-electron chi connectivity index (χ3n) is 5.53. The van der Waals surface area contributed by atoms with Gasteiger partial charge in [-0.15, -0.1) is 0 Å². The topological polar surface area (TPSA) is 39.8 Å². The van der Waals surface area contributed by atoms with Crippen molar-refractivity contribution < 1.29 is 10.2 Å². The second-order valence-electron chi connectivity index (χ2n) is 7.18. The molecule has 0 aliphatic heterocycles. The van der Waals surface area contributed by atoms with Crippen molar-refractivity contribution in [2.45, 2.75) is 17.6 Å². The molecule has 0 heterocycles. The summed E-state index contributed by atoms with van der Waals surface area (Å²) < 4.78 is 0. The Balaban J connectivity index is 2.03. The van der Waals surface area contributed by atoms with Crippen molar-refractivity contribution in [2.75, 3.05) is 0 Å². The number of benzene rings is 4. The summed E-state index contributed by atoms with van der Waals surface area (Å²) >= 11 is 0. The first kappa shape index (κ1) is 19.1. The minimum Gasteiger partial charge on any atom is -0.226 e. The van der Waals surface area contributed by atoms with E-state index in [2.05, 4.69) is 0 Å². The smallest absolute Gasteiger partial charge is 0.135 e. The maximum Gasteiger partial charge on any atom is 0.135 e. The van der Waals surface area contributed by atoms with Gasteiger partial charge in [0, 0.05) is 0 Å². The number of hydrogen-bond donors (Lipinski definition) is 0. The lowest BCUT2D eigenvalue weighted by Crippen LogP contribution is -2.40. The van der Waals surface area contributed by atoms with Crippen LogP contribution in [0, 0.1) is 0 Å². The second-order valence-corrected chi connectivity index (χ2v) is 7.18. The highest BCUT2D eigenvalue weighted by Crippen LogP contribution is 2.52. The van der Waals surface area contributed by atoms with Crippen LogP contribution in [0.4, 0.5) is 0 Å². The van der Waals surface area contributed by atoms with Gasteiger partial charge in [-0.25, -0.2) is 10.2 Å². The monoisotopic (exact) mass is 378 g/mol. The highest BCUT2D eigenvalue weighted by molar-refractivity contribution is 5.47. The minimum absolute atomic E-state index is 0.608. The van der Waals surface area contributed by atoms with Crippen molar-refractivity contribution in [1.29, 1.82) is 0 Å². The summed E-state index contributed by atoms with van der Waals surface area (Å²) in [7, 11) is 0. The largest absolute Gasteiger partial charge is 0.226 e. The molecule has 0 aliphatic rings. The molecule has 0 N–H and O–H groups in total. The van der Waals surface area contributed by atoms with E-state index < -0.39 is 17.6 Å². The molecule has 2 unspecified atom stereocenters. The van der Waals surface area contributed by atoms with Crippen molar-refractivity contribution >= 4 is 0 Å². The minimum atomic E-state index is -1.30. The zero-order valence-corrected chi connectivity index (χ0v) is 16.0. The first-order valence-corrected chi connectivity index (χ1v) is 9.77. The molecule has 0 aliphatic carbocycles. The van der Waals surface area contributed by atoms with Crippen molar-refractivity contribution in [3.05, 3.63) is 144 Å². The SMILES string of the molecule is [O]C(c1ccccc1)C(c1ccccc1)(c1ccccc1)C([O])c1ccccc1. The molecule has 0 saturated carbocycles. The van der Waals surface area contributed by atoms with Gasteiger partial charge in [0.25, 0.3) is 0 Å². The molecule has 0 spiro atoms. The van der Waals surface area contributed by atoms with Gasteiger partial charge >= 0.3 is 0 Å². The van der Waals surface area contributed by atoms with Crippen LogP contribution in [0.1, 0.15) is 34.5 Å². The fraction of sp³-hybridized carbons (Fsp3) is 0.111. The molecule has 29 heavy (non-hydrogen) atoms. The molecule has 0 saturated heterocycles. The molecule has 4 aromatic carbocycles. The van der Waals surface area contributed by atoms with Gasteiger partial charge in [0.2, 0.25) is 0 Å². The molecule has 4 rings (SSSR count). The van der Waals surface area contributed by atoms with E-state index in [0.29, 0.717) is 11.1 Å². The molecule has 0 bridgehead atoms. The molecule has 0 fully saturated rings. The summed E-state index contributed by atoms with van der Waals surface area (Å²) in [6.45, 7) is 0. The summed E-state index contributed by atoms with van der Waals surface area (Å²) in [4.78, 5) is 0. The molecule has 0 amide bonds. The van der Waals surface area contributed by atoms with Gasteiger partial charge in [-0.05, 0) is 22.3 Å².